The van der Waals surface area contributed by atoms with Gasteiger partial charge in [-0.15, -0.1) is 0 Å². The first kappa shape index (κ1) is 16.4. The summed E-state index contributed by atoms with van der Waals surface area (Å²) in [6.07, 6.45) is 0.565. The van der Waals surface area contributed by atoms with Gasteiger partial charge in [0.25, 0.3) is 0 Å². The smallest absolute Gasteiger partial charge is 0.312 e. The van der Waals surface area contributed by atoms with Crippen molar-refractivity contribution in [2.75, 3.05) is 18.0 Å². The van der Waals surface area contributed by atoms with Gasteiger partial charge in [0.15, 0.2) is 0 Å². The molecule has 0 spiro atoms. The number of hydrogen-bond donors (Lipinski definition) is 2. The number of β-amino-alcohol motifs (C(OH)–C–C–N with tert-alkyl or cyclic N) is 1. The van der Waals surface area contributed by atoms with Crippen molar-refractivity contribution >= 4 is 11.9 Å². The first-order valence-corrected chi connectivity index (χ1v) is 8.08. The topological polar surface area (TPSA) is 104 Å². The first-order chi connectivity index (χ1) is 11.6. The van der Waals surface area contributed by atoms with E-state index in [2.05, 4.69) is 15.5 Å². The summed E-state index contributed by atoms with van der Waals surface area (Å²) in [7, 11) is 0. The molecule has 128 valence electrons. The molecule has 24 heavy (non-hydrogen) atoms. The van der Waals surface area contributed by atoms with Crippen molar-refractivity contribution in [3.8, 4) is 5.69 Å². The predicted octanol–water partition coefficient (Wildman–Crippen LogP) is 1.10. The highest BCUT2D eigenvalue weighted by Crippen LogP contribution is 2.38. The average molecular weight is 331 g/mol. The van der Waals surface area contributed by atoms with Crippen LogP contribution >= 0.6 is 0 Å². The van der Waals surface area contributed by atoms with Crippen LogP contribution in [0.25, 0.3) is 5.69 Å². The van der Waals surface area contributed by atoms with E-state index in [9.17, 15) is 15.0 Å². The van der Waals surface area contributed by atoms with Gasteiger partial charge in [0.1, 0.15) is 0 Å². The zero-order chi connectivity index (χ0) is 17.2. The van der Waals surface area contributed by atoms with E-state index in [0.29, 0.717) is 31.8 Å². The number of nitrogens with zero attached hydrogens (tertiary/aromatic N) is 5. The molecule has 1 aliphatic heterocycles. The van der Waals surface area contributed by atoms with Crippen LogP contribution in [0.3, 0.4) is 0 Å². The number of aliphatic hydroxyl groups is 1. The molecular weight excluding hydrogens is 310 g/mol. The number of aliphatic hydroxyl groups excluding tert-OH is 1. The van der Waals surface area contributed by atoms with E-state index in [1.54, 1.807) is 4.68 Å². The molecular formula is C16H21N5O3. The number of carbonyl (C=O) groups is 1. The summed E-state index contributed by atoms with van der Waals surface area (Å²) in [5, 5.41) is 32.0. The average Bonchev–Trinajstić information content (AvgIpc) is 3.07. The minimum Gasteiger partial charge on any atom is -0.481 e. The van der Waals surface area contributed by atoms with Gasteiger partial charge >= 0.3 is 5.97 Å². The number of para-hydroxylation sites is 1. The highest BCUT2D eigenvalue weighted by molar-refractivity contribution is 5.76. The predicted molar refractivity (Wildman–Crippen MR) is 87.0 cm³/mol. The van der Waals surface area contributed by atoms with Crippen LogP contribution in [0.15, 0.2) is 30.3 Å². The Hall–Kier alpha value is -2.48. The molecule has 3 rings (SSSR count). The molecule has 2 heterocycles. The number of aromatic nitrogens is 4. The Labute approximate surface area is 139 Å². The molecule has 1 aromatic heterocycles. The van der Waals surface area contributed by atoms with Crippen molar-refractivity contribution in [2.24, 2.45) is 5.41 Å². The molecule has 1 aromatic carbocycles. The number of anilines is 1. The second-order valence-electron chi connectivity index (χ2n) is 6.15. The van der Waals surface area contributed by atoms with Gasteiger partial charge in [-0.05, 0) is 35.4 Å². The molecule has 8 heteroatoms. The summed E-state index contributed by atoms with van der Waals surface area (Å²) in [6, 6.07) is 9.47. The van der Waals surface area contributed by atoms with Crippen LogP contribution < -0.4 is 4.90 Å². The molecule has 2 N–H and O–H groups in total. The number of aliphatic carboxylic acids is 1. The minimum absolute atomic E-state index is 0.194. The highest BCUT2D eigenvalue weighted by Gasteiger charge is 2.48. The lowest BCUT2D eigenvalue weighted by molar-refractivity contribution is -0.159. The third-order valence-corrected chi connectivity index (χ3v) is 4.72. The van der Waals surface area contributed by atoms with Crippen LogP contribution in [0.1, 0.15) is 26.2 Å². The molecule has 8 nitrogen and oxygen atoms in total. The fraction of sp³-hybridized carbons (Fsp3) is 0.500. The fourth-order valence-corrected chi connectivity index (χ4v) is 3.37. The molecule has 0 bridgehead atoms. The van der Waals surface area contributed by atoms with Crippen LogP contribution in [0.4, 0.5) is 5.95 Å². The molecule has 0 radical (unpaired) electrons. The number of rotatable bonds is 5. The Kier molecular flexibility index (Phi) is 4.48. The summed E-state index contributed by atoms with van der Waals surface area (Å²) in [4.78, 5) is 13.6. The van der Waals surface area contributed by atoms with Gasteiger partial charge in [-0.25, -0.2) is 0 Å². The van der Waals surface area contributed by atoms with Gasteiger partial charge in [-0.3, -0.25) is 4.79 Å². The third-order valence-electron chi connectivity index (χ3n) is 4.72. The van der Waals surface area contributed by atoms with Crippen molar-refractivity contribution in [2.45, 2.75) is 32.3 Å². The molecule has 1 fully saturated rings. The van der Waals surface area contributed by atoms with Crippen LogP contribution in [-0.4, -0.2) is 55.6 Å². The lowest BCUT2D eigenvalue weighted by Crippen LogP contribution is -2.55. The number of tetrazole rings is 1. The Morgan fingerprint density at radius 3 is 2.75 bits per heavy atom. The summed E-state index contributed by atoms with van der Waals surface area (Å²) in [6.45, 7) is 2.61. The van der Waals surface area contributed by atoms with Crippen LogP contribution in [0.5, 0.6) is 0 Å². The van der Waals surface area contributed by atoms with Gasteiger partial charge in [0.2, 0.25) is 5.95 Å². The second-order valence-corrected chi connectivity index (χ2v) is 6.15. The van der Waals surface area contributed by atoms with Gasteiger partial charge in [0, 0.05) is 13.1 Å². The number of carboxylic acids is 1. The molecule has 2 aromatic rings. The van der Waals surface area contributed by atoms with Crippen molar-refractivity contribution in [3.05, 3.63) is 30.3 Å². The van der Waals surface area contributed by atoms with E-state index in [-0.39, 0.29) is 6.54 Å². The van der Waals surface area contributed by atoms with Gasteiger partial charge in [-0.2, -0.15) is 4.68 Å². The third kappa shape index (κ3) is 2.73. The van der Waals surface area contributed by atoms with Gasteiger partial charge in [0.05, 0.1) is 17.2 Å². The molecule has 0 amide bonds. The summed E-state index contributed by atoms with van der Waals surface area (Å²) in [5.41, 5.74) is -0.272. The summed E-state index contributed by atoms with van der Waals surface area (Å²) >= 11 is 0. The first-order valence-electron chi connectivity index (χ1n) is 8.08. The van der Waals surface area contributed by atoms with E-state index >= 15 is 0 Å². The minimum atomic E-state index is -1.09. The standard InChI is InChI=1S/C16H21N5O3/c1-2-8-16(14(23)24)9-10-20(11-13(16)22)15-17-18-19-21(15)12-6-4-3-5-7-12/h3-7,13,22H,2,8-11H2,1H3,(H,23,24)/t13-,16+/m1/s1. The van der Waals surface area contributed by atoms with Crippen LogP contribution in [0.2, 0.25) is 0 Å². The van der Waals surface area contributed by atoms with E-state index in [1.807, 2.05) is 42.2 Å². The molecule has 0 saturated carbocycles. The van der Waals surface area contributed by atoms with Crippen molar-refractivity contribution in [1.82, 2.24) is 20.2 Å². The van der Waals surface area contributed by atoms with Crippen molar-refractivity contribution < 1.29 is 15.0 Å². The van der Waals surface area contributed by atoms with Crippen LogP contribution in [0, 0.1) is 5.41 Å². The lowest BCUT2D eigenvalue weighted by atomic mass is 9.73. The Balaban J connectivity index is 1.85. The lowest BCUT2D eigenvalue weighted by Gasteiger charge is -2.42. The maximum absolute atomic E-state index is 11.7. The molecule has 0 unspecified atom stereocenters. The maximum Gasteiger partial charge on any atom is 0.312 e. The summed E-state index contributed by atoms with van der Waals surface area (Å²) < 4.78 is 1.60. The molecule has 1 saturated heterocycles. The fourth-order valence-electron chi connectivity index (χ4n) is 3.37. The molecule has 2 atom stereocenters. The Morgan fingerprint density at radius 1 is 1.38 bits per heavy atom. The van der Waals surface area contributed by atoms with E-state index < -0.39 is 17.5 Å². The number of piperidine rings is 1. The quantitative estimate of drug-likeness (QED) is 0.845. The SMILES string of the molecule is CCC[C@]1(C(=O)O)CCN(c2nnnn2-c2ccccc2)C[C@H]1O. The van der Waals surface area contributed by atoms with Gasteiger partial charge < -0.3 is 15.1 Å². The number of benzene rings is 1. The van der Waals surface area contributed by atoms with E-state index in [4.69, 9.17) is 0 Å². The normalized spacial score (nSPS) is 24.1. The second kappa shape index (κ2) is 6.56. The monoisotopic (exact) mass is 331 g/mol. The van der Waals surface area contributed by atoms with E-state index in [0.717, 1.165) is 5.69 Å². The zero-order valence-electron chi connectivity index (χ0n) is 13.5. The Bertz CT molecular complexity index is 705. The maximum atomic E-state index is 11.7. The number of carboxylic acid groups (broad SMARTS) is 1. The van der Waals surface area contributed by atoms with E-state index in [1.165, 1.54) is 0 Å². The highest BCUT2D eigenvalue weighted by atomic mass is 16.4. The molecule has 0 aliphatic carbocycles. The van der Waals surface area contributed by atoms with Gasteiger partial charge in [-0.1, -0.05) is 36.6 Å². The largest absolute Gasteiger partial charge is 0.481 e. The van der Waals surface area contributed by atoms with Crippen LogP contribution in [-0.2, 0) is 4.79 Å². The Morgan fingerprint density at radius 2 is 2.12 bits per heavy atom. The number of hydrogen-bond acceptors (Lipinski definition) is 6. The zero-order valence-corrected chi connectivity index (χ0v) is 13.5. The molecule has 1 aliphatic rings. The van der Waals surface area contributed by atoms with Crippen molar-refractivity contribution in [1.29, 1.82) is 0 Å². The van der Waals surface area contributed by atoms with Crippen molar-refractivity contribution in [3.63, 3.8) is 0 Å². The summed E-state index contributed by atoms with van der Waals surface area (Å²) in [5.74, 6) is -0.421.